The minimum Gasteiger partial charge on any atom is -0.508 e. The van der Waals surface area contributed by atoms with Crippen LogP contribution >= 0.6 is 0 Å². The van der Waals surface area contributed by atoms with Gasteiger partial charge in [0.05, 0.1) is 6.21 Å². The van der Waals surface area contributed by atoms with E-state index in [1.807, 2.05) is 0 Å². The van der Waals surface area contributed by atoms with Gasteiger partial charge in [-0.1, -0.05) is 6.07 Å². The van der Waals surface area contributed by atoms with Crippen molar-refractivity contribution in [2.45, 2.75) is 0 Å². The fraction of sp³-hybridized carbons (Fsp3) is 0. The number of hydrogen-bond donors (Lipinski definition) is 3. The van der Waals surface area contributed by atoms with Gasteiger partial charge in [0.25, 0.3) is 5.91 Å². The van der Waals surface area contributed by atoms with Gasteiger partial charge in [-0.15, -0.1) is 0 Å². The van der Waals surface area contributed by atoms with Crippen LogP contribution < -0.4 is 5.43 Å². The molecule has 0 atom stereocenters. The number of pyridine rings is 1. The average molecular weight is 257 g/mol. The molecule has 1 heterocycles. The zero-order valence-corrected chi connectivity index (χ0v) is 9.82. The standard InChI is InChI=1S/C13H11N3O3/c17-10-4-5-12(18)9(7-10)8-15-16-13(19)11-3-1-2-6-14-11/h1-8,17-18H,(H,16,19)/b15-8+. The van der Waals surface area contributed by atoms with Gasteiger partial charge in [0.15, 0.2) is 0 Å². The molecule has 2 aromatic rings. The number of hydrogen-bond acceptors (Lipinski definition) is 5. The largest absolute Gasteiger partial charge is 0.508 e. The third kappa shape index (κ3) is 3.29. The number of nitrogens with one attached hydrogen (secondary N) is 1. The number of rotatable bonds is 3. The Kier molecular flexibility index (Phi) is 3.72. The Morgan fingerprint density at radius 2 is 2.11 bits per heavy atom. The van der Waals surface area contributed by atoms with Crippen molar-refractivity contribution in [1.82, 2.24) is 10.4 Å². The summed E-state index contributed by atoms with van der Waals surface area (Å²) in [4.78, 5) is 15.4. The van der Waals surface area contributed by atoms with Crippen LogP contribution in [0.2, 0.25) is 0 Å². The van der Waals surface area contributed by atoms with E-state index < -0.39 is 5.91 Å². The highest BCUT2D eigenvalue weighted by atomic mass is 16.3. The van der Waals surface area contributed by atoms with E-state index in [9.17, 15) is 15.0 Å². The van der Waals surface area contributed by atoms with Crippen molar-refractivity contribution >= 4 is 12.1 Å². The summed E-state index contributed by atoms with van der Waals surface area (Å²) in [6, 6.07) is 8.94. The van der Waals surface area contributed by atoms with Crippen LogP contribution in [0.3, 0.4) is 0 Å². The zero-order valence-electron chi connectivity index (χ0n) is 9.82. The molecule has 0 aliphatic heterocycles. The highest BCUT2D eigenvalue weighted by molar-refractivity contribution is 5.93. The number of hydrazone groups is 1. The van der Waals surface area contributed by atoms with E-state index in [0.29, 0.717) is 5.56 Å². The van der Waals surface area contributed by atoms with Crippen molar-refractivity contribution in [1.29, 1.82) is 0 Å². The second-order valence-electron chi connectivity index (χ2n) is 3.66. The maximum absolute atomic E-state index is 11.6. The molecule has 0 aliphatic carbocycles. The van der Waals surface area contributed by atoms with Crippen LogP contribution in [0, 0.1) is 0 Å². The van der Waals surface area contributed by atoms with E-state index in [0.717, 1.165) is 0 Å². The molecule has 0 aliphatic rings. The average Bonchev–Trinajstić information content (AvgIpc) is 2.43. The molecule has 0 saturated heterocycles. The monoisotopic (exact) mass is 257 g/mol. The van der Waals surface area contributed by atoms with Gasteiger partial charge in [-0.2, -0.15) is 5.10 Å². The van der Waals surface area contributed by atoms with E-state index in [1.54, 1.807) is 18.2 Å². The Labute approximate surface area is 109 Å². The van der Waals surface area contributed by atoms with Gasteiger partial charge in [-0.05, 0) is 30.3 Å². The number of phenolic OH excluding ortho intramolecular Hbond substituents is 2. The molecule has 2 rings (SSSR count). The Morgan fingerprint density at radius 1 is 1.26 bits per heavy atom. The van der Waals surface area contributed by atoms with Crippen LogP contribution in [0.5, 0.6) is 11.5 Å². The quantitative estimate of drug-likeness (QED) is 0.438. The fourth-order valence-electron chi connectivity index (χ4n) is 1.36. The number of amides is 1. The van der Waals surface area contributed by atoms with Crippen LogP contribution in [0.1, 0.15) is 16.1 Å². The van der Waals surface area contributed by atoms with Crippen molar-refractivity contribution in [3.63, 3.8) is 0 Å². The number of benzene rings is 1. The summed E-state index contributed by atoms with van der Waals surface area (Å²) < 4.78 is 0. The summed E-state index contributed by atoms with van der Waals surface area (Å²) in [6.07, 6.45) is 2.73. The molecule has 96 valence electrons. The first-order chi connectivity index (χ1) is 9.16. The van der Waals surface area contributed by atoms with E-state index >= 15 is 0 Å². The molecule has 0 radical (unpaired) electrons. The molecule has 19 heavy (non-hydrogen) atoms. The summed E-state index contributed by atoms with van der Waals surface area (Å²) in [5.41, 5.74) is 2.80. The fourth-order valence-corrected chi connectivity index (χ4v) is 1.36. The summed E-state index contributed by atoms with van der Waals surface area (Å²) in [5.74, 6) is -0.513. The molecular weight excluding hydrogens is 246 g/mol. The lowest BCUT2D eigenvalue weighted by atomic mass is 10.2. The minimum absolute atomic E-state index is 0.00435. The summed E-state index contributed by atoms with van der Waals surface area (Å²) in [7, 11) is 0. The zero-order chi connectivity index (χ0) is 13.7. The first-order valence-electron chi connectivity index (χ1n) is 5.43. The Morgan fingerprint density at radius 3 is 2.84 bits per heavy atom. The normalized spacial score (nSPS) is 10.5. The molecule has 6 heteroatoms. The molecular formula is C13H11N3O3. The van der Waals surface area contributed by atoms with Crippen molar-refractivity contribution in [3.05, 3.63) is 53.9 Å². The molecule has 1 amide bonds. The number of aromatic nitrogens is 1. The predicted octanol–water partition coefficient (Wildman–Crippen LogP) is 1.26. The second-order valence-corrected chi connectivity index (χ2v) is 3.66. The van der Waals surface area contributed by atoms with Crippen molar-refractivity contribution in [2.75, 3.05) is 0 Å². The van der Waals surface area contributed by atoms with Crippen LogP contribution in [0.25, 0.3) is 0 Å². The molecule has 1 aromatic carbocycles. The van der Waals surface area contributed by atoms with E-state index in [4.69, 9.17) is 0 Å². The van der Waals surface area contributed by atoms with Crippen LogP contribution in [-0.4, -0.2) is 27.3 Å². The summed E-state index contributed by atoms with van der Waals surface area (Å²) in [5, 5.41) is 22.4. The molecule has 1 aromatic heterocycles. The molecule has 0 bridgehead atoms. The topological polar surface area (TPSA) is 94.8 Å². The van der Waals surface area contributed by atoms with Gasteiger partial charge in [-0.25, -0.2) is 5.43 Å². The molecule has 0 spiro atoms. The number of nitrogens with zero attached hydrogens (tertiary/aromatic N) is 2. The van der Waals surface area contributed by atoms with Crippen LogP contribution in [0.4, 0.5) is 0 Å². The van der Waals surface area contributed by atoms with Gasteiger partial charge >= 0.3 is 0 Å². The van der Waals surface area contributed by atoms with Crippen molar-refractivity contribution in [2.24, 2.45) is 5.10 Å². The summed E-state index contributed by atoms with van der Waals surface area (Å²) in [6.45, 7) is 0. The molecule has 0 fully saturated rings. The van der Waals surface area contributed by atoms with Crippen LogP contribution in [0.15, 0.2) is 47.7 Å². The lowest BCUT2D eigenvalue weighted by molar-refractivity contribution is 0.0950. The van der Waals surface area contributed by atoms with E-state index in [-0.39, 0.29) is 17.2 Å². The Hall–Kier alpha value is -2.89. The van der Waals surface area contributed by atoms with Crippen molar-refractivity contribution in [3.8, 4) is 11.5 Å². The SMILES string of the molecule is O=C(N/N=C/c1cc(O)ccc1O)c1ccccn1. The van der Waals surface area contributed by atoms with Crippen molar-refractivity contribution < 1.29 is 15.0 Å². The van der Waals surface area contributed by atoms with Gasteiger partial charge < -0.3 is 10.2 Å². The van der Waals surface area contributed by atoms with Gasteiger partial charge in [0, 0.05) is 11.8 Å². The highest BCUT2D eigenvalue weighted by Crippen LogP contribution is 2.19. The first kappa shape index (κ1) is 12.6. The first-order valence-corrected chi connectivity index (χ1v) is 5.43. The van der Waals surface area contributed by atoms with Gasteiger partial charge in [0.1, 0.15) is 17.2 Å². The molecule has 3 N–H and O–H groups in total. The Bertz CT molecular complexity index is 612. The van der Waals surface area contributed by atoms with E-state index in [2.05, 4.69) is 15.5 Å². The lowest BCUT2D eigenvalue weighted by Gasteiger charge is -2.00. The number of carbonyl (C=O) groups excluding carboxylic acids is 1. The third-order valence-corrected chi connectivity index (χ3v) is 2.28. The second kappa shape index (κ2) is 5.63. The number of carbonyl (C=O) groups is 1. The number of phenols is 2. The number of aromatic hydroxyl groups is 2. The molecule has 6 nitrogen and oxygen atoms in total. The maximum atomic E-state index is 11.6. The van der Waals surface area contributed by atoms with E-state index in [1.165, 1.54) is 30.6 Å². The van der Waals surface area contributed by atoms with Gasteiger partial charge in [0.2, 0.25) is 0 Å². The van der Waals surface area contributed by atoms with Gasteiger partial charge in [-0.3, -0.25) is 9.78 Å². The predicted molar refractivity (Wildman–Crippen MR) is 69.1 cm³/mol. The third-order valence-electron chi connectivity index (χ3n) is 2.28. The minimum atomic E-state index is -0.462. The molecule has 0 saturated carbocycles. The maximum Gasteiger partial charge on any atom is 0.289 e. The molecule has 0 unspecified atom stereocenters. The summed E-state index contributed by atoms with van der Waals surface area (Å²) >= 11 is 0. The van der Waals surface area contributed by atoms with Crippen LogP contribution in [-0.2, 0) is 0 Å². The Balaban J connectivity index is 2.04. The highest BCUT2D eigenvalue weighted by Gasteiger charge is 2.04. The smallest absolute Gasteiger partial charge is 0.289 e. The lowest BCUT2D eigenvalue weighted by Crippen LogP contribution is -2.18.